The van der Waals surface area contributed by atoms with Crippen molar-refractivity contribution in [3.8, 4) is 0 Å². The van der Waals surface area contributed by atoms with E-state index in [4.69, 9.17) is 5.73 Å². The van der Waals surface area contributed by atoms with E-state index in [1.54, 1.807) is 12.1 Å². The SMILES string of the molecule is CCNC(=NCc1ccc(C(N)=O)cc1)NCc1ccc(C)cc1.I. The van der Waals surface area contributed by atoms with Gasteiger partial charge in [0, 0.05) is 18.7 Å². The minimum atomic E-state index is -0.418. The van der Waals surface area contributed by atoms with Crippen LogP contribution >= 0.6 is 24.0 Å². The number of amides is 1. The van der Waals surface area contributed by atoms with Crippen molar-refractivity contribution in [1.29, 1.82) is 0 Å². The first-order valence-corrected chi connectivity index (χ1v) is 8.05. The Hall–Kier alpha value is -2.09. The predicted octanol–water partition coefficient (Wildman–Crippen LogP) is 2.97. The van der Waals surface area contributed by atoms with E-state index in [9.17, 15) is 4.79 Å². The Labute approximate surface area is 166 Å². The van der Waals surface area contributed by atoms with E-state index in [2.05, 4.69) is 46.8 Å². The van der Waals surface area contributed by atoms with Gasteiger partial charge in [-0.3, -0.25) is 4.79 Å². The number of aryl methyl sites for hydroxylation is 1. The second-order valence-corrected chi connectivity index (χ2v) is 5.60. The molecule has 0 saturated carbocycles. The normalized spacial score (nSPS) is 10.7. The maximum atomic E-state index is 11.1. The lowest BCUT2D eigenvalue weighted by atomic mass is 10.1. The number of hydrogen-bond donors (Lipinski definition) is 3. The van der Waals surface area contributed by atoms with Gasteiger partial charge in [-0.2, -0.15) is 0 Å². The fourth-order valence-corrected chi connectivity index (χ4v) is 2.18. The molecule has 5 nitrogen and oxygen atoms in total. The van der Waals surface area contributed by atoms with Gasteiger partial charge < -0.3 is 16.4 Å². The summed E-state index contributed by atoms with van der Waals surface area (Å²) in [5, 5.41) is 6.55. The second kappa shape index (κ2) is 10.7. The number of guanidine groups is 1. The molecule has 2 aromatic rings. The maximum absolute atomic E-state index is 11.1. The first-order valence-electron chi connectivity index (χ1n) is 8.05. The van der Waals surface area contributed by atoms with Crippen LogP contribution in [-0.4, -0.2) is 18.4 Å². The number of carbonyl (C=O) groups is 1. The zero-order valence-electron chi connectivity index (χ0n) is 14.6. The van der Waals surface area contributed by atoms with Crippen molar-refractivity contribution in [1.82, 2.24) is 10.6 Å². The molecule has 0 aromatic heterocycles. The summed E-state index contributed by atoms with van der Waals surface area (Å²) >= 11 is 0. The van der Waals surface area contributed by atoms with Crippen LogP contribution in [0.15, 0.2) is 53.5 Å². The highest BCUT2D eigenvalue weighted by molar-refractivity contribution is 14.0. The fraction of sp³-hybridized carbons (Fsp3) is 0.263. The molecule has 25 heavy (non-hydrogen) atoms. The van der Waals surface area contributed by atoms with Gasteiger partial charge in [0.25, 0.3) is 0 Å². The molecule has 0 saturated heterocycles. The number of benzene rings is 2. The molecule has 0 spiro atoms. The summed E-state index contributed by atoms with van der Waals surface area (Å²) in [6, 6.07) is 15.6. The number of halogens is 1. The number of nitrogens with one attached hydrogen (secondary N) is 2. The Balaban J connectivity index is 0.00000312. The van der Waals surface area contributed by atoms with Crippen LogP contribution in [0.5, 0.6) is 0 Å². The number of nitrogens with two attached hydrogens (primary N) is 1. The van der Waals surface area contributed by atoms with Crippen LogP contribution in [0.4, 0.5) is 0 Å². The van der Waals surface area contributed by atoms with Gasteiger partial charge in [0.15, 0.2) is 5.96 Å². The highest BCUT2D eigenvalue weighted by Crippen LogP contribution is 2.06. The number of primary amides is 1. The summed E-state index contributed by atoms with van der Waals surface area (Å²) in [6.45, 7) is 6.15. The molecule has 0 heterocycles. The number of nitrogens with zero attached hydrogens (tertiary/aromatic N) is 1. The third kappa shape index (κ3) is 7.13. The van der Waals surface area contributed by atoms with E-state index >= 15 is 0 Å². The summed E-state index contributed by atoms with van der Waals surface area (Å²) in [4.78, 5) is 15.6. The van der Waals surface area contributed by atoms with Gasteiger partial charge in [0.1, 0.15) is 0 Å². The molecule has 134 valence electrons. The Morgan fingerprint density at radius 1 is 1.00 bits per heavy atom. The first kappa shape index (κ1) is 21.0. The second-order valence-electron chi connectivity index (χ2n) is 5.60. The van der Waals surface area contributed by atoms with E-state index < -0.39 is 5.91 Å². The monoisotopic (exact) mass is 452 g/mol. The van der Waals surface area contributed by atoms with Crippen molar-refractivity contribution in [2.45, 2.75) is 26.9 Å². The van der Waals surface area contributed by atoms with Crippen LogP contribution in [0.25, 0.3) is 0 Å². The Bertz CT molecular complexity index is 696. The highest BCUT2D eigenvalue weighted by Gasteiger charge is 2.01. The van der Waals surface area contributed by atoms with E-state index in [1.165, 1.54) is 11.1 Å². The van der Waals surface area contributed by atoms with Crippen LogP contribution in [0.3, 0.4) is 0 Å². The van der Waals surface area contributed by atoms with Crippen LogP contribution in [0.2, 0.25) is 0 Å². The van der Waals surface area contributed by atoms with Crippen molar-refractivity contribution in [2.24, 2.45) is 10.7 Å². The van der Waals surface area contributed by atoms with Gasteiger partial charge in [0.2, 0.25) is 5.91 Å². The molecule has 0 aliphatic carbocycles. The number of rotatable bonds is 6. The van der Waals surface area contributed by atoms with Crippen molar-refractivity contribution in [3.05, 3.63) is 70.8 Å². The minimum absolute atomic E-state index is 0. The smallest absolute Gasteiger partial charge is 0.248 e. The summed E-state index contributed by atoms with van der Waals surface area (Å²) in [7, 11) is 0. The molecule has 2 rings (SSSR count). The average Bonchev–Trinajstić information content (AvgIpc) is 2.59. The standard InChI is InChI=1S/C19H24N4O.HI/c1-3-21-19(22-12-15-6-4-14(2)5-7-15)23-13-16-8-10-17(11-9-16)18(20)24;/h4-11H,3,12-13H2,1-2H3,(H2,20,24)(H2,21,22,23);1H. The zero-order chi connectivity index (χ0) is 17.4. The molecule has 0 fully saturated rings. The molecule has 4 N–H and O–H groups in total. The summed E-state index contributed by atoms with van der Waals surface area (Å²) in [6.07, 6.45) is 0. The first-order chi connectivity index (χ1) is 11.6. The Morgan fingerprint density at radius 2 is 1.60 bits per heavy atom. The highest BCUT2D eigenvalue weighted by atomic mass is 127. The molecule has 0 aliphatic heterocycles. The quantitative estimate of drug-likeness (QED) is 0.358. The lowest BCUT2D eigenvalue weighted by Crippen LogP contribution is -2.36. The van der Waals surface area contributed by atoms with Crippen molar-refractivity contribution >= 4 is 35.8 Å². The van der Waals surface area contributed by atoms with Gasteiger partial charge in [-0.1, -0.05) is 42.0 Å². The Kier molecular flexibility index (Phi) is 8.98. The number of hydrogen-bond acceptors (Lipinski definition) is 2. The van der Waals surface area contributed by atoms with E-state index in [-0.39, 0.29) is 24.0 Å². The zero-order valence-corrected chi connectivity index (χ0v) is 16.9. The molecule has 0 radical (unpaired) electrons. The largest absolute Gasteiger partial charge is 0.366 e. The van der Waals surface area contributed by atoms with E-state index in [1.807, 2.05) is 19.1 Å². The summed E-state index contributed by atoms with van der Waals surface area (Å²) in [5.41, 5.74) is 9.23. The van der Waals surface area contributed by atoms with Crippen LogP contribution < -0.4 is 16.4 Å². The van der Waals surface area contributed by atoms with Gasteiger partial charge >= 0.3 is 0 Å². The molecule has 0 atom stereocenters. The predicted molar refractivity (Wildman–Crippen MR) is 113 cm³/mol. The fourth-order valence-electron chi connectivity index (χ4n) is 2.18. The minimum Gasteiger partial charge on any atom is -0.366 e. The Morgan fingerprint density at radius 3 is 2.16 bits per heavy atom. The molecular formula is C19H25IN4O. The van der Waals surface area contributed by atoms with Gasteiger partial charge in [-0.05, 0) is 37.1 Å². The number of carbonyl (C=O) groups excluding carboxylic acids is 1. The maximum Gasteiger partial charge on any atom is 0.248 e. The van der Waals surface area contributed by atoms with Crippen molar-refractivity contribution in [2.75, 3.05) is 6.54 Å². The summed E-state index contributed by atoms with van der Waals surface area (Å²) < 4.78 is 0. The van der Waals surface area contributed by atoms with Crippen LogP contribution in [0, 0.1) is 6.92 Å². The molecule has 0 unspecified atom stereocenters. The third-order valence-electron chi connectivity index (χ3n) is 3.58. The van der Waals surface area contributed by atoms with Gasteiger partial charge in [-0.25, -0.2) is 4.99 Å². The van der Waals surface area contributed by atoms with Crippen LogP contribution in [0.1, 0.15) is 34.0 Å². The van der Waals surface area contributed by atoms with E-state index in [0.717, 1.165) is 18.1 Å². The van der Waals surface area contributed by atoms with Gasteiger partial charge in [0.05, 0.1) is 6.54 Å². The third-order valence-corrected chi connectivity index (χ3v) is 3.58. The summed E-state index contributed by atoms with van der Waals surface area (Å²) in [5.74, 6) is 0.343. The molecular weight excluding hydrogens is 427 g/mol. The lowest BCUT2D eigenvalue weighted by molar-refractivity contribution is 0.100. The van der Waals surface area contributed by atoms with E-state index in [0.29, 0.717) is 18.7 Å². The van der Waals surface area contributed by atoms with Crippen LogP contribution in [-0.2, 0) is 13.1 Å². The molecule has 1 amide bonds. The van der Waals surface area contributed by atoms with Crippen molar-refractivity contribution < 1.29 is 4.79 Å². The molecule has 2 aromatic carbocycles. The topological polar surface area (TPSA) is 79.5 Å². The molecule has 0 aliphatic rings. The van der Waals surface area contributed by atoms with Crippen molar-refractivity contribution in [3.63, 3.8) is 0 Å². The van der Waals surface area contributed by atoms with Gasteiger partial charge in [-0.15, -0.1) is 24.0 Å². The number of aliphatic imine (C=N–C) groups is 1. The molecule has 6 heteroatoms. The average molecular weight is 452 g/mol. The molecule has 0 bridgehead atoms. The lowest BCUT2D eigenvalue weighted by Gasteiger charge is -2.11.